The van der Waals surface area contributed by atoms with Gasteiger partial charge in [-0.1, -0.05) is 43.1 Å². The fourth-order valence-electron chi connectivity index (χ4n) is 2.69. The lowest BCUT2D eigenvalue weighted by Gasteiger charge is -2.36. The molecule has 0 heterocycles. The third-order valence-electron chi connectivity index (χ3n) is 3.76. The third kappa shape index (κ3) is 4.99. The van der Waals surface area contributed by atoms with E-state index in [0.717, 1.165) is 18.2 Å². The van der Waals surface area contributed by atoms with Gasteiger partial charge in [-0.2, -0.15) is 0 Å². The SMILES string of the molecule is CC(C)[C@@H]1CC[C@@H](C)C[C@H]1OC(=O)CCCBr. The van der Waals surface area contributed by atoms with Crippen molar-refractivity contribution in [2.45, 2.75) is 59.0 Å². The van der Waals surface area contributed by atoms with Crippen molar-refractivity contribution in [3.05, 3.63) is 0 Å². The molecule has 0 N–H and O–H groups in total. The lowest BCUT2D eigenvalue weighted by Crippen LogP contribution is -2.35. The molecule has 0 aromatic heterocycles. The maximum atomic E-state index is 11.7. The van der Waals surface area contributed by atoms with Crippen molar-refractivity contribution in [2.75, 3.05) is 5.33 Å². The standard InChI is InChI=1S/C14H25BrO2/c1-10(2)12-7-6-11(3)9-13(12)17-14(16)5-4-8-15/h10-13H,4-9H2,1-3H3/t11-,12+,13-/m1/s1. The molecule has 0 aromatic rings. The normalized spacial score (nSPS) is 29.4. The Bertz CT molecular complexity index is 240. The van der Waals surface area contributed by atoms with E-state index in [0.29, 0.717) is 24.2 Å². The quantitative estimate of drug-likeness (QED) is 0.563. The number of alkyl halides is 1. The maximum absolute atomic E-state index is 11.7. The summed E-state index contributed by atoms with van der Waals surface area (Å²) in [7, 11) is 0. The molecule has 0 radical (unpaired) electrons. The van der Waals surface area contributed by atoms with E-state index in [1.807, 2.05) is 0 Å². The van der Waals surface area contributed by atoms with Gasteiger partial charge in [-0.15, -0.1) is 0 Å². The number of hydrogen-bond acceptors (Lipinski definition) is 2. The van der Waals surface area contributed by atoms with Crippen molar-refractivity contribution >= 4 is 21.9 Å². The Kier molecular flexibility index (Phi) is 6.53. The Morgan fingerprint density at radius 3 is 2.71 bits per heavy atom. The van der Waals surface area contributed by atoms with E-state index < -0.39 is 0 Å². The molecule has 1 saturated carbocycles. The molecule has 0 amide bonds. The van der Waals surface area contributed by atoms with Crippen LogP contribution in [0.5, 0.6) is 0 Å². The topological polar surface area (TPSA) is 26.3 Å². The third-order valence-corrected chi connectivity index (χ3v) is 4.32. The lowest BCUT2D eigenvalue weighted by atomic mass is 9.75. The van der Waals surface area contributed by atoms with Crippen molar-refractivity contribution in [3.8, 4) is 0 Å². The van der Waals surface area contributed by atoms with Gasteiger partial charge in [0.05, 0.1) is 0 Å². The van der Waals surface area contributed by atoms with E-state index in [9.17, 15) is 4.79 Å². The Morgan fingerprint density at radius 2 is 2.12 bits per heavy atom. The highest BCUT2D eigenvalue weighted by Gasteiger charge is 2.33. The molecule has 0 aliphatic heterocycles. The second-order valence-electron chi connectivity index (χ2n) is 5.65. The number of esters is 1. The van der Waals surface area contributed by atoms with Crippen LogP contribution in [0.3, 0.4) is 0 Å². The van der Waals surface area contributed by atoms with Crippen LogP contribution in [0.15, 0.2) is 0 Å². The first-order chi connectivity index (χ1) is 8.04. The van der Waals surface area contributed by atoms with E-state index >= 15 is 0 Å². The predicted octanol–water partition coefficient (Wildman–Crippen LogP) is 4.17. The number of carbonyl (C=O) groups excluding carboxylic acids is 1. The Hall–Kier alpha value is -0.0500. The van der Waals surface area contributed by atoms with E-state index in [2.05, 4.69) is 36.7 Å². The van der Waals surface area contributed by atoms with E-state index in [1.54, 1.807) is 0 Å². The highest BCUT2D eigenvalue weighted by Crippen LogP contribution is 2.35. The fraction of sp³-hybridized carbons (Fsp3) is 0.929. The summed E-state index contributed by atoms with van der Waals surface area (Å²) in [5.41, 5.74) is 0. The van der Waals surface area contributed by atoms with Crippen LogP contribution in [0.1, 0.15) is 52.9 Å². The van der Waals surface area contributed by atoms with Crippen LogP contribution in [0.2, 0.25) is 0 Å². The Morgan fingerprint density at radius 1 is 1.41 bits per heavy atom. The summed E-state index contributed by atoms with van der Waals surface area (Å²) < 4.78 is 5.68. The zero-order valence-corrected chi connectivity index (χ0v) is 12.8. The molecule has 0 saturated heterocycles. The largest absolute Gasteiger partial charge is 0.462 e. The van der Waals surface area contributed by atoms with Crippen LogP contribution in [-0.4, -0.2) is 17.4 Å². The number of ether oxygens (including phenoxy) is 1. The minimum Gasteiger partial charge on any atom is -0.462 e. The molecule has 2 nitrogen and oxygen atoms in total. The van der Waals surface area contributed by atoms with Gasteiger partial charge in [0, 0.05) is 11.8 Å². The van der Waals surface area contributed by atoms with Crippen molar-refractivity contribution in [1.29, 1.82) is 0 Å². The van der Waals surface area contributed by atoms with Crippen LogP contribution >= 0.6 is 15.9 Å². The second-order valence-corrected chi connectivity index (χ2v) is 6.44. The van der Waals surface area contributed by atoms with Crippen molar-refractivity contribution in [1.82, 2.24) is 0 Å². The average molecular weight is 305 g/mol. The predicted molar refractivity (Wildman–Crippen MR) is 74.3 cm³/mol. The van der Waals surface area contributed by atoms with Gasteiger partial charge in [0.1, 0.15) is 6.10 Å². The van der Waals surface area contributed by atoms with Gasteiger partial charge in [0.15, 0.2) is 0 Å². The minimum atomic E-state index is -0.0193. The summed E-state index contributed by atoms with van der Waals surface area (Å²) in [5.74, 6) is 1.84. The smallest absolute Gasteiger partial charge is 0.306 e. The van der Waals surface area contributed by atoms with Crippen LogP contribution < -0.4 is 0 Å². The van der Waals surface area contributed by atoms with Gasteiger partial charge < -0.3 is 4.74 Å². The summed E-state index contributed by atoms with van der Waals surface area (Å²) in [4.78, 5) is 11.7. The van der Waals surface area contributed by atoms with Gasteiger partial charge >= 0.3 is 5.97 Å². The molecule has 1 rings (SSSR count). The molecule has 1 aliphatic carbocycles. The first kappa shape index (κ1) is 15.0. The summed E-state index contributed by atoms with van der Waals surface area (Å²) in [5, 5.41) is 0.872. The van der Waals surface area contributed by atoms with Gasteiger partial charge in [-0.25, -0.2) is 0 Å². The molecule has 100 valence electrons. The van der Waals surface area contributed by atoms with Crippen molar-refractivity contribution in [3.63, 3.8) is 0 Å². The van der Waals surface area contributed by atoms with Gasteiger partial charge in [0.25, 0.3) is 0 Å². The summed E-state index contributed by atoms with van der Waals surface area (Å²) in [6, 6.07) is 0. The summed E-state index contributed by atoms with van der Waals surface area (Å²) in [6.07, 6.45) is 5.09. The number of hydrogen-bond donors (Lipinski definition) is 0. The first-order valence-corrected chi connectivity index (χ1v) is 7.92. The summed E-state index contributed by atoms with van der Waals surface area (Å²) in [6.45, 7) is 6.73. The van der Waals surface area contributed by atoms with Crippen molar-refractivity contribution in [2.24, 2.45) is 17.8 Å². The van der Waals surface area contributed by atoms with E-state index in [1.165, 1.54) is 12.8 Å². The van der Waals surface area contributed by atoms with Gasteiger partial charge in [-0.3, -0.25) is 4.79 Å². The van der Waals surface area contributed by atoms with Crippen LogP contribution in [0.25, 0.3) is 0 Å². The highest BCUT2D eigenvalue weighted by molar-refractivity contribution is 9.09. The summed E-state index contributed by atoms with van der Waals surface area (Å²) >= 11 is 3.34. The molecular weight excluding hydrogens is 280 g/mol. The molecular formula is C14H25BrO2. The number of rotatable bonds is 5. The molecule has 1 fully saturated rings. The Labute approximate surface area is 114 Å². The molecule has 0 bridgehead atoms. The molecule has 0 aromatic carbocycles. The molecule has 0 spiro atoms. The van der Waals surface area contributed by atoms with E-state index in [4.69, 9.17) is 4.74 Å². The minimum absolute atomic E-state index is 0.0193. The number of halogens is 1. The first-order valence-electron chi connectivity index (χ1n) is 6.80. The van der Waals surface area contributed by atoms with Crippen molar-refractivity contribution < 1.29 is 9.53 Å². The zero-order chi connectivity index (χ0) is 12.8. The average Bonchev–Trinajstić information content (AvgIpc) is 2.26. The van der Waals surface area contributed by atoms with E-state index in [-0.39, 0.29) is 12.1 Å². The molecule has 17 heavy (non-hydrogen) atoms. The maximum Gasteiger partial charge on any atom is 0.306 e. The monoisotopic (exact) mass is 304 g/mol. The fourth-order valence-corrected chi connectivity index (χ4v) is 2.97. The van der Waals surface area contributed by atoms with Crippen LogP contribution in [0, 0.1) is 17.8 Å². The molecule has 0 unspecified atom stereocenters. The van der Waals surface area contributed by atoms with Crippen LogP contribution in [0.4, 0.5) is 0 Å². The lowest BCUT2D eigenvalue weighted by molar-refractivity contribution is -0.155. The van der Waals surface area contributed by atoms with Gasteiger partial charge in [-0.05, 0) is 37.0 Å². The van der Waals surface area contributed by atoms with Gasteiger partial charge in [0.2, 0.25) is 0 Å². The highest BCUT2D eigenvalue weighted by atomic mass is 79.9. The number of carbonyl (C=O) groups is 1. The zero-order valence-electron chi connectivity index (χ0n) is 11.2. The van der Waals surface area contributed by atoms with Crippen LogP contribution in [-0.2, 0) is 9.53 Å². The second kappa shape index (κ2) is 7.40. The Balaban J connectivity index is 2.48. The molecule has 1 aliphatic rings. The molecule has 3 atom stereocenters. The molecule has 3 heteroatoms.